The number of furan rings is 1. The Morgan fingerprint density at radius 3 is 2.90 bits per heavy atom. The molecule has 0 bridgehead atoms. The Kier molecular flexibility index (Phi) is 4.10. The second-order valence-electron chi connectivity index (χ2n) is 4.99. The molecule has 0 fully saturated rings. The lowest BCUT2D eigenvalue weighted by Gasteiger charge is -2.08. The highest BCUT2D eigenvalue weighted by atomic mass is 16.5. The van der Waals surface area contributed by atoms with E-state index in [1.807, 2.05) is 48.7 Å². The van der Waals surface area contributed by atoms with E-state index in [0.717, 1.165) is 47.5 Å². The molecule has 0 aliphatic heterocycles. The third kappa shape index (κ3) is 3.19. The minimum absolute atomic E-state index is 0.730. The molecular formula is C18H19NO2. The first-order valence-electron chi connectivity index (χ1n) is 7.28. The number of ether oxygens (including phenoxy) is 1. The van der Waals surface area contributed by atoms with Crippen LogP contribution in [0.2, 0.25) is 0 Å². The average molecular weight is 281 g/mol. The number of hydrogen-bond acceptors (Lipinski definition) is 3. The van der Waals surface area contributed by atoms with Crippen LogP contribution in [-0.4, -0.2) is 6.61 Å². The summed E-state index contributed by atoms with van der Waals surface area (Å²) >= 11 is 0. The molecule has 21 heavy (non-hydrogen) atoms. The van der Waals surface area contributed by atoms with Crippen molar-refractivity contribution in [2.75, 3.05) is 11.9 Å². The SMILES string of the molecule is CCCOc1cccc(NCc2coc3ccccc23)c1. The Balaban J connectivity index is 1.70. The van der Waals surface area contributed by atoms with Crippen molar-refractivity contribution in [2.45, 2.75) is 19.9 Å². The van der Waals surface area contributed by atoms with Crippen LogP contribution < -0.4 is 10.1 Å². The molecule has 3 aromatic rings. The van der Waals surface area contributed by atoms with Crippen LogP contribution in [0.1, 0.15) is 18.9 Å². The third-order valence-corrected chi connectivity index (χ3v) is 3.35. The van der Waals surface area contributed by atoms with Crippen LogP contribution in [0.5, 0.6) is 5.75 Å². The van der Waals surface area contributed by atoms with E-state index in [1.165, 1.54) is 0 Å². The van der Waals surface area contributed by atoms with Gasteiger partial charge in [-0.15, -0.1) is 0 Å². The first-order valence-corrected chi connectivity index (χ1v) is 7.28. The lowest BCUT2D eigenvalue weighted by molar-refractivity contribution is 0.317. The summed E-state index contributed by atoms with van der Waals surface area (Å²) in [5.41, 5.74) is 3.13. The normalized spacial score (nSPS) is 10.7. The highest BCUT2D eigenvalue weighted by Crippen LogP contribution is 2.23. The molecule has 1 N–H and O–H groups in total. The van der Waals surface area contributed by atoms with Gasteiger partial charge in [-0.3, -0.25) is 0 Å². The van der Waals surface area contributed by atoms with Crippen LogP contribution in [0.15, 0.2) is 59.2 Å². The molecule has 3 rings (SSSR count). The predicted octanol–water partition coefficient (Wildman–Crippen LogP) is 4.83. The van der Waals surface area contributed by atoms with Gasteiger partial charge < -0.3 is 14.5 Å². The molecule has 0 aliphatic rings. The predicted molar refractivity (Wildman–Crippen MR) is 85.8 cm³/mol. The Bertz CT molecular complexity index is 718. The highest BCUT2D eigenvalue weighted by Gasteiger charge is 2.04. The topological polar surface area (TPSA) is 34.4 Å². The van der Waals surface area contributed by atoms with Gasteiger partial charge in [0.1, 0.15) is 11.3 Å². The number of hydrogen-bond donors (Lipinski definition) is 1. The number of para-hydroxylation sites is 1. The highest BCUT2D eigenvalue weighted by molar-refractivity contribution is 5.81. The van der Waals surface area contributed by atoms with Gasteiger partial charge in [0.2, 0.25) is 0 Å². The molecule has 3 heteroatoms. The van der Waals surface area contributed by atoms with Gasteiger partial charge in [-0.1, -0.05) is 31.2 Å². The fourth-order valence-corrected chi connectivity index (χ4v) is 2.28. The van der Waals surface area contributed by atoms with Gasteiger partial charge in [0.15, 0.2) is 0 Å². The van der Waals surface area contributed by atoms with Crippen LogP contribution in [0.25, 0.3) is 11.0 Å². The molecule has 0 radical (unpaired) electrons. The van der Waals surface area contributed by atoms with Gasteiger partial charge in [-0.25, -0.2) is 0 Å². The fourth-order valence-electron chi connectivity index (χ4n) is 2.28. The number of benzene rings is 2. The Hall–Kier alpha value is -2.42. The van der Waals surface area contributed by atoms with Gasteiger partial charge in [-0.05, 0) is 24.6 Å². The lowest BCUT2D eigenvalue weighted by Crippen LogP contribution is -2.00. The summed E-state index contributed by atoms with van der Waals surface area (Å²) in [5, 5.41) is 4.57. The van der Waals surface area contributed by atoms with Crippen molar-refractivity contribution >= 4 is 16.7 Å². The quantitative estimate of drug-likeness (QED) is 0.702. The molecular weight excluding hydrogens is 262 g/mol. The molecule has 0 amide bonds. The van der Waals surface area contributed by atoms with Crippen molar-refractivity contribution in [1.82, 2.24) is 0 Å². The molecule has 1 heterocycles. The zero-order valence-corrected chi connectivity index (χ0v) is 12.1. The summed E-state index contributed by atoms with van der Waals surface area (Å²) in [7, 11) is 0. The van der Waals surface area contributed by atoms with Gasteiger partial charge in [0, 0.05) is 29.2 Å². The van der Waals surface area contributed by atoms with E-state index >= 15 is 0 Å². The van der Waals surface area contributed by atoms with Gasteiger partial charge in [0.25, 0.3) is 0 Å². The molecule has 0 unspecified atom stereocenters. The summed E-state index contributed by atoms with van der Waals surface area (Å²) in [6.07, 6.45) is 2.83. The standard InChI is InChI=1S/C18H19NO2/c1-2-10-20-16-7-5-6-15(11-16)19-12-14-13-21-18-9-4-3-8-17(14)18/h3-9,11,13,19H,2,10,12H2,1H3. The largest absolute Gasteiger partial charge is 0.494 e. The Morgan fingerprint density at radius 1 is 1.10 bits per heavy atom. The van der Waals surface area contributed by atoms with Crippen molar-refractivity contribution < 1.29 is 9.15 Å². The first-order chi connectivity index (χ1) is 10.4. The van der Waals surface area contributed by atoms with E-state index in [1.54, 1.807) is 0 Å². The second-order valence-corrected chi connectivity index (χ2v) is 4.99. The van der Waals surface area contributed by atoms with Gasteiger partial charge >= 0.3 is 0 Å². The molecule has 1 aromatic heterocycles. The summed E-state index contributed by atoms with van der Waals surface area (Å²) in [5.74, 6) is 0.902. The maximum Gasteiger partial charge on any atom is 0.134 e. The summed E-state index contributed by atoms with van der Waals surface area (Å²) in [6.45, 7) is 3.58. The molecule has 3 nitrogen and oxygen atoms in total. The number of anilines is 1. The number of nitrogens with one attached hydrogen (secondary N) is 1. The van der Waals surface area contributed by atoms with Crippen LogP contribution in [0.3, 0.4) is 0 Å². The van der Waals surface area contributed by atoms with E-state index in [-0.39, 0.29) is 0 Å². The van der Waals surface area contributed by atoms with Crippen LogP contribution >= 0.6 is 0 Å². The summed E-state index contributed by atoms with van der Waals surface area (Å²) in [4.78, 5) is 0. The molecule has 0 saturated heterocycles. The van der Waals surface area contributed by atoms with E-state index in [4.69, 9.17) is 9.15 Å². The maximum absolute atomic E-state index is 5.64. The first kappa shape index (κ1) is 13.6. The lowest BCUT2D eigenvalue weighted by atomic mass is 10.2. The average Bonchev–Trinajstić information content (AvgIpc) is 2.95. The van der Waals surface area contributed by atoms with Crippen LogP contribution in [0.4, 0.5) is 5.69 Å². The third-order valence-electron chi connectivity index (χ3n) is 3.35. The van der Waals surface area contributed by atoms with Crippen LogP contribution in [0, 0.1) is 0 Å². The van der Waals surface area contributed by atoms with Gasteiger partial charge in [0.05, 0.1) is 12.9 Å². The Morgan fingerprint density at radius 2 is 2.00 bits per heavy atom. The second kappa shape index (κ2) is 6.35. The van der Waals surface area contributed by atoms with Crippen LogP contribution in [-0.2, 0) is 6.54 Å². The van der Waals surface area contributed by atoms with Gasteiger partial charge in [-0.2, -0.15) is 0 Å². The summed E-state index contributed by atoms with van der Waals surface area (Å²) in [6, 6.07) is 16.1. The van der Waals surface area contributed by atoms with Crippen molar-refractivity contribution in [2.24, 2.45) is 0 Å². The zero-order chi connectivity index (χ0) is 14.5. The molecule has 0 saturated carbocycles. The smallest absolute Gasteiger partial charge is 0.134 e. The van der Waals surface area contributed by atoms with E-state index < -0.39 is 0 Å². The fraction of sp³-hybridized carbons (Fsp3) is 0.222. The minimum Gasteiger partial charge on any atom is -0.494 e. The molecule has 0 spiro atoms. The number of rotatable bonds is 6. The van der Waals surface area contributed by atoms with E-state index in [2.05, 4.69) is 18.3 Å². The van der Waals surface area contributed by atoms with E-state index in [0.29, 0.717) is 0 Å². The molecule has 108 valence electrons. The summed E-state index contributed by atoms with van der Waals surface area (Å²) < 4.78 is 11.2. The van der Waals surface area contributed by atoms with E-state index in [9.17, 15) is 0 Å². The molecule has 2 aromatic carbocycles. The maximum atomic E-state index is 5.64. The monoisotopic (exact) mass is 281 g/mol. The molecule has 0 aliphatic carbocycles. The molecule has 0 atom stereocenters. The van der Waals surface area contributed by atoms with Crippen molar-refractivity contribution in [3.8, 4) is 5.75 Å². The number of fused-ring (bicyclic) bond motifs is 1. The zero-order valence-electron chi connectivity index (χ0n) is 12.1. The van der Waals surface area contributed by atoms with Crippen molar-refractivity contribution in [3.63, 3.8) is 0 Å². The Labute approximate surface area is 124 Å². The van der Waals surface area contributed by atoms with Crippen molar-refractivity contribution in [1.29, 1.82) is 0 Å². The minimum atomic E-state index is 0.730. The van der Waals surface area contributed by atoms with Crippen molar-refractivity contribution in [3.05, 3.63) is 60.4 Å².